The second kappa shape index (κ2) is 16.4. The van der Waals surface area contributed by atoms with Gasteiger partial charge in [-0.2, -0.15) is 0 Å². The van der Waals surface area contributed by atoms with E-state index in [0.717, 1.165) is 72.2 Å². The van der Waals surface area contributed by atoms with Crippen LogP contribution >= 0.6 is 0 Å². The van der Waals surface area contributed by atoms with E-state index < -0.39 is 12.3 Å². The van der Waals surface area contributed by atoms with E-state index in [-0.39, 0.29) is 31.1 Å². The number of carbonyl (C=O) groups excluding carboxylic acids is 1. The van der Waals surface area contributed by atoms with Crippen LogP contribution in [0.2, 0.25) is 0 Å². The number of fused-ring (bicyclic) bond motifs is 2. The van der Waals surface area contributed by atoms with Crippen molar-refractivity contribution in [2.75, 3.05) is 13.1 Å². The minimum Gasteiger partial charge on any atom is -0.481 e. The molecule has 2 unspecified atom stereocenters. The Morgan fingerprint density at radius 2 is 1.57 bits per heavy atom. The van der Waals surface area contributed by atoms with Crippen molar-refractivity contribution >= 4 is 11.9 Å². The molecule has 3 aliphatic rings. The number of unbranched alkanes of at least 4 members (excludes halogenated alkanes) is 3. The Kier molecular flexibility index (Phi) is 12.0. The lowest BCUT2D eigenvalue weighted by Gasteiger charge is -2.41. The molecule has 0 spiro atoms. The normalized spacial score (nSPS) is 25.8. The van der Waals surface area contributed by atoms with Gasteiger partial charge < -0.3 is 25.0 Å². The summed E-state index contributed by atoms with van der Waals surface area (Å²) in [5, 5.41) is 21.5. The van der Waals surface area contributed by atoms with Gasteiger partial charge in [-0.3, -0.25) is 14.5 Å². The van der Waals surface area contributed by atoms with Gasteiger partial charge in [0, 0.05) is 50.5 Å². The van der Waals surface area contributed by atoms with Gasteiger partial charge in [0.2, 0.25) is 5.91 Å². The third kappa shape index (κ3) is 10.1. The molecule has 5 atom stereocenters. The number of likely N-dealkylation sites (tertiary alicyclic amines) is 1. The van der Waals surface area contributed by atoms with Gasteiger partial charge in [-0.25, -0.2) is 0 Å². The summed E-state index contributed by atoms with van der Waals surface area (Å²) < 4.78 is 13.6. The maximum atomic E-state index is 12.5. The molecular weight excluding hydrogens is 640 g/mol. The fourth-order valence-corrected chi connectivity index (χ4v) is 9.01. The largest absolute Gasteiger partial charge is 0.481 e. The number of nitrogens with one attached hydrogen (secondary N) is 1. The van der Waals surface area contributed by atoms with Crippen molar-refractivity contribution in [3.8, 4) is 11.1 Å². The van der Waals surface area contributed by atoms with Gasteiger partial charge in [0.05, 0.1) is 18.8 Å². The zero-order valence-corrected chi connectivity index (χ0v) is 30.6. The summed E-state index contributed by atoms with van der Waals surface area (Å²) in [6.07, 6.45) is 7.61. The first-order chi connectivity index (χ1) is 24.5. The maximum Gasteiger partial charge on any atom is 0.303 e. The number of hydrogen-bond donors (Lipinski definition) is 3. The zero-order valence-electron chi connectivity index (χ0n) is 30.6. The average molecular weight is 697 g/mol. The minimum atomic E-state index is -0.769. The second-order valence-corrected chi connectivity index (χ2v) is 16.4. The van der Waals surface area contributed by atoms with Crippen molar-refractivity contribution in [1.82, 2.24) is 10.2 Å². The number of carboxylic acids is 1. The monoisotopic (exact) mass is 696 g/mol. The molecule has 1 aliphatic carbocycles. The SMILES string of the molecule is CC1(C)CC2CC(C)(CN2C[C@@H]2C[C@H](c3ccc(CO)cc3)O[C@H](c3cccc(-c4cccc(CNC(=O)CCCCCCC(=O)O)c4)c3)O2)C1. The van der Waals surface area contributed by atoms with E-state index in [1.165, 1.54) is 19.3 Å². The first-order valence-electron chi connectivity index (χ1n) is 18.9. The number of hydrogen-bond acceptors (Lipinski definition) is 6. The molecule has 2 heterocycles. The quantitative estimate of drug-likeness (QED) is 0.137. The molecule has 1 amide bonds. The third-order valence-corrected chi connectivity index (χ3v) is 11.0. The van der Waals surface area contributed by atoms with Crippen molar-refractivity contribution in [2.45, 2.75) is 123 Å². The van der Waals surface area contributed by atoms with E-state index in [2.05, 4.69) is 79.5 Å². The van der Waals surface area contributed by atoms with E-state index in [4.69, 9.17) is 14.6 Å². The molecule has 51 heavy (non-hydrogen) atoms. The van der Waals surface area contributed by atoms with Crippen LogP contribution in [-0.4, -0.2) is 52.2 Å². The van der Waals surface area contributed by atoms with Crippen LogP contribution in [0.3, 0.4) is 0 Å². The Balaban J connectivity index is 1.13. The summed E-state index contributed by atoms with van der Waals surface area (Å²) in [6, 6.07) is 25.4. The lowest BCUT2D eigenvalue weighted by Crippen LogP contribution is -2.42. The molecule has 0 aromatic heterocycles. The van der Waals surface area contributed by atoms with Crippen molar-refractivity contribution in [2.24, 2.45) is 10.8 Å². The van der Waals surface area contributed by atoms with Gasteiger partial charge in [-0.1, -0.05) is 94.3 Å². The van der Waals surface area contributed by atoms with E-state index in [1.54, 1.807) is 0 Å². The molecule has 3 aromatic carbocycles. The smallest absolute Gasteiger partial charge is 0.303 e. The summed E-state index contributed by atoms with van der Waals surface area (Å²) >= 11 is 0. The van der Waals surface area contributed by atoms with Gasteiger partial charge in [0.1, 0.15) is 0 Å². The Bertz CT molecular complexity index is 1640. The molecule has 8 nitrogen and oxygen atoms in total. The molecule has 1 saturated carbocycles. The Labute approximate surface area is 303 Å². The number of ether oxygens (including phenoxy) is 2. The maximum absolute atomic E-state index is 12.5. The Hall–Kier alpha value is -3.56. The van der Waals surface area contributed by atoms with E-state index >= 15 is 0 Å². The first-order valence-corrected chi connectivity index (χ1v) is 18.9. The molecule has 3 N–H and O–H groups in total. The van der Waals surface area contributed by atoms with Crippen LogP contribution in [0.4, 0.5) is 0 Å². The molecule has 274 valence electrons. The summed E-state index contributed by atoms with van der Waals surface area (Å²) in [5.41, 5.74) is 6.82. The van der Waals surface area contributed by atoms with Crippen LogP contribution in [0.1, 0.15) is 120 Å². The average Bonchev–Trinajstić information content (AvgIpc) is 3.35. The van der Waals surface area contributed by atoms with Crippen LogP contribution in [0.15, 0.2) is 72.8 Å². The Morgan fingerprint density at radius 1 is 0.843 bits per heavy atom. The lowest BCUT2D eigenvalue weighted by molar-refractivity contribution is -0.253. The standard InChI is InChI=1S/C43H56N2O6/c1-42(2)23-36-24-43(3,28-42)29-45(36)26-37-22-38(32-18-16-30(27-46)17-19-32)51-41(50-37)35-13-9-12-34(21-35)33-11-8-10-31(20-33)25-44-39(47)14-6-4-5-7-15-40(48)49/h8-13,16-21,36-38,41,46H,4-7,14-15,22-29H2,1-3H3,(H,44,47)(H,48,49)/t36?,37-,38+,41+,43?/m0/s1. The molecule has 3 fully saturated rings. The number of carbonyl (C=O) groups is 2. The summed E-state index contributed by atoms with van der Waals surface area (Å²) in [6.45, 7) is 9.78. The van der Waals surface area contributed by atoms with Crippen LogP contribution < -0.4 is 5.32 Å². The summed E-state index contributed by atoms with van der Waals surface area (Å²) in [4.78, 5) is 25.8. The number of rotatable bonds is 15. The summed E-state index contributed by atoms with van der Waals surface area (Å²) in [7, 11) is 0. The highest BCUT2D eigenvalue weighted by Crippen LogP contribution is 2.53. The lowest BCUT2D eigenvalue weighted by atomic mass is 9.65. The molecule has 2 aliphatic heterocycles. The number of aliphatic hydroxyl groups excluding tert-OH is 1. The fraction of sp³-hybridized carbons (Fsp3) is 0.535. The van der Waals surface area contributed by atoms with E-state index in [9.17, 15) is 14.7 Å². The molecule has 6 rings (SSSR count). The number of aliphatic carboxylic acids is 1. The highest BCUT2D eigenvalue weighted by atomic mass is 16.7. The van der Waals surface area contributed by atoms with E-state index in [0.29, 0.717) is 36.3 Å². The second-order valence-electron chi connectivity index (χ2n) is 16.4. The molecule has 2 bridgehead atoms. The van der Waals surface area contributed by atoms with Crippen LogP contribution in [0.25, 0.3) is 11.1 Å². The van der Waals surface area contributed by atoms with Crippen molar-refractivity contribution < 1.29 is 29.3 Å². The van der Waals surface area contributed by atoms with Gasteiger partial charge in [-0.05, 0) is 82.9 Å². The number of benzene rings is 3. The fourth-order valence-electron chi connectivity index (χ4n) is 9.01. The minimum absolute atomic E-state index is 0.0116. The number of carboxylic acid groups (broad SMARTS) is 1. The zero-order chi connectivity index (χ0) is 36.0. The predicted octanol–water partition coefficient (Wildman–Crippen LogP) is 8.33. The molecule has 8 heteroatoms. The molecule has 3 aromatic rings. The number of aliphatic hydroxyl groups is 1. The Morgan fingerprint density at radius 3 is 2.31 bits per heavy atom. The highest BCUT2D eigenvalue weighted by molar-refractivity contribution is 5.76. The number of nitrogens with zero attached hydrogens (tertiary/aromatic N) is 1. The van der Waals surface area contributed by atoms with Crippen molar-refractivity contribution in [3.05, 3.63) is 95.1 Å². The van der Waals surface area contributed by atoms with Gasteiger partial charge >= 0.3 is 5.97 Å². The van der Waals surface area contributed by atoms with Crippen molar-refractivity contribution in [3.63, 3.8) is 0 Å². The summed E-state index contributed by atoms with van der Waals surface area (Å²) in [5.74, 6) is -0.757. The predicted molar refractivity (Wildman–Crippen MR) is 199 cm³/mol. The molecular formula is C43H56N2O6. The van der Waals surface area contributed by atoms with Gasteiger partial charge in [-0.15, -0.1) is 0 Å². The van der Waals surface area contributed by atoms with Gasteiger partial charge in [0.15, 0.2) is 6.29 Å². The van der Waals surface area contributed by atoms with Crippen molar-refractivity contribution in [1.29, 1.82) is 0 Å². The van der Waals surface area contributed by atoms with Gasteiger partial charge in [0.25, 0.3) is 0 Å². The van der Waals surface area contributed by atoms with Crippen LogP contribution in [0.5, 0.6) is 0 Å². The molecule has 0 radical (unpaired) electrons. The first kappa shape index (κ1) is 37.2. The molecule has 2 saturated heterocycles. The topological polar surface area (TPSA) is 108 Å². The number of amides is 1. The third-order valence-electron chi connectivity index (χ3n) is 11.0. The van der Waals surface area contributed by atoms with E-state index in [1.807, 2.05) is 24.3 Å². The van der Waals surface area contributed by atoms with Crippen LogP contribution in [-0.2, 0) is 32.2 Å². The van der Waals surface area contributed by atoms with Crippen LogP contribution in [0, 0.1) is 10.8 Å². The highest BCUT2D eigenvalue weighted by Gasteiger charge is 2.50.